The van der Waals surface area contributed by atoms with Gasteiger partial charge in [0.05, 0.1) is 0 Å². The Bertz CT molecular complexity index is 631. The average Bonchev–Trinajstić information content (AvgIpc) is 2.56. The van der Waals surface area contributed by atoms with Crippen LogP contribution in [0.3, 0.4) is 0 Å². The molecule has 0 saturated carbocycles. The van der Waals surface area contributed by atoms with Crippen LogP contribution in [0.4, 0.5) is 5.69 Å². The quantitative estimate of drug-likeness (QED) is 0.599. The molecule has 0 saturated heterocycles. The summed E-state index contributed by atoms with van der Waals surface area (Å²) in [5.41, 5.74) is 1.71. The van der Waals surface area contributed by atoms with E-state index in [9.17, 15) is 9.59 Å². The molecule has 108 valence electrons. The smallest absolute Gasteiger partial charge is 0.235 e. The van der Waals surface area contributed by atoms with Crippen molar-refractivity contribution in [1.82, 2.24) is 0 Å². The maximum Gasteiger partial charge on any atom is 0.235 e. The molecule has 0 aliphatic carbocycles. The maximum atomic E-state index is 12.5. The monoisotopic (exact) mass is 281 g/mol. The Labute approximate surface area is 125 Å². The molecule has 21 heavy (non-hydrogen) atoms. The van der Waals surface area contributed by atoms with Crippen LogP contribution >= 0.6 is 0 Å². The number of ketones is 2. The first-order valence-corrected chi connectivity index (χ1v) is 7.17. The Balaban J connectivity index is 2.38. The normalized spacial score (nSPS) is 10.2. The van der Waals surface area contributed by atoms with Crippen LogP contribution in [-0.2, 0) is 0 Å². The van der Waals surface area contributed by atoms with E-state index in [-0.39, 0.29) is 0 Å². The molecule has 0 radical (unpaired) electrons. The van der Waals surface area contributed by atoms with Gasteiger partial charge in [-0.05, 0) is 26.0 Å². The number of rotatable bonds is 6. The van der Waals surface area contributed by atoms with Crippen LogP contribution < -0.4 is 4.90 Å². The predicted octanol–water partition coefficient (Wildman–Crippen LogP) is 3.60. The van der Waals surface area contributed by atoms with Crippen LogP contribution in [0.25, 0.3) is 0 Å². The van der Waals surface area contributed by atoms with Gasteiger partial charge in [0.2, 0.25) is 11.6 Å². The number of benzene rings is 2. The van der Waals surface area contributed by atoms with Crippen LogP contribution in [0.2, 0.25) is 0 Å². The molecule has 0 unspecified atom stereocenters. The van der Waals surface area contributed by atoms with Gasteiger partial charge in [0.1, 0.15) is 0 Å². The van der Waals surface area contributed by atoms with Crippen molar-refractivity contribution in [3.63, 3.8) is 0 Å². The number of hydrogen-bond donors (Lipinski definition) is 0. The maximum absolute atomic E-state index is 12.5. The van der Waals surface area contributed by atoms with Crippen molar-refractivity contribution in [3.05, 3.63) is 65.7 Å². The highest BCUT2D eigenvalue weighted by Gasteiger charge is 2.22. The second kappa shape index (κ2) is 6.84. The first-order chi connectivity index (χ1) is 10.2. The van der Waals surface area contributed by atoms with Gasteiger partial charge in [-0.15, -0.1) is 0 Å². The Morgan fingerprint density at radius 3 is 2.00 bits per heavy atom. The van der Waals surface area contributed by atoms with Crippen LogP contribution in [0.5, 0.6) is 0 Å². The average molecular weight is 281 g/mol. The summed E-state index contributed by atoms with van der Waals surface area (Å²) >= 11 is 0. The molecule has 0 atom stereocenters. The molecule has 0 aliphatic heterocycles. The summed E-state index contributed by atoms with van der Waals surface area (Å²) < 4.78 is 0. The van der Waals surface area contributed by atoms with Gasteiger partial charge in [0.15, 0.2) is 0 Å². The molecule has 2 aromatic rings. The summed E-state index contributed by atoms with van der Waals surface area (Å²) in [7, 11) is 0. The number of carbonyl (C=O) groups is 2. The summed E-state index contributed by atoms with van der Waals surface area (Å²) in [5.74, 6) is -0.918. The van der Waals surface area contributed by atoms with Gasteiger partial charge in [-0.3, -0.25) is 9.59 Å². The van der Waals surface area contributed by atoms with Crippen LogP contribution in [0.1, 0.15) is 34.6 Å². The lowest BCUT2D eigenvalue weighted by Crippen LogP contribution is -2.25. The highest BCUT2D eigenvalue weighted by Crippen LogP contribution is 2.22. The molecule has 0 bridgehead atoms. The molecule has 0 fully saturated rings. The second-order valence-corrected chi connectivity index (χ2v) is 4.71. The first kappa shape index (κ1) is 15.0. The fourth-order valence-electron chi connectivity index (χ4n) is 2.35. The SMILES string of the molecule is CCN(CC)c1ccccc1C(=O)C(=O)c1ccccc1. The lowest BCUT2D eigenvalue weighted by Gasteiger charge is -2.23. The molecule has 2 rings (SSSR count). The third-order valence-electron chi connectivity index (χ3n) is 3.50. The van der Waals surface area contributed by atoms with Gasteiger partial charge in [-0.2, -0.15) is 0 Å². The number of Topliss-reactive ketones (excluding diaryl/α,β-unsaturated/α-hetero) is 2. The molecular formula is C18H19NO2. The zero-order valence-corrected chi connectivity index (χ0v) is 12.4. The minimum absolute atomic E-state index is 0.428. The van der Waals surface area contributed by atoms with E-state index in [1.54, 1.807) is 36.4 Å². The van der Waals surface area contributed by atoms with Gasteiger partial charge in [-0.1, -0.05) is 42.5 Å². The van der Waals surface area contributed by atoms with Gasteiger partial charge < -0.3 is 4.90 Å². The highest BCUT2D eigenvalue weighted by molar-refractivity contribution is 6.50. The summed E-state index contributed by atoms with van der Waals surface area (Å²) in [6.07, 6.45) is 0. The van der Waals surface area contributed by atoms with Gasteiger partial charge >= 0.3 is 0 Å². The number of hydrogen-bond acceptors (Lipinski definition) is 3. The van der Waals surface area contributed by atoms with Crippen molar-refractivity contribution in [2.75, 3.05) is 18.0 Å². The number of nitrogens with zero attached hydrogens (tertiary/aromatic N) is 1. The molecule has 0 aromatic heterocycles. The van der Waals surface area contributed by atoms with Crippen molar-refractivity contribution in [2.45, 2.75) is 13.8 Å². The van der Waals surface area contributed by atoms with Crippen LogP contribution in [0, 0.1) is 0 Å². The molecule has 0 heterocycles. The lowest BCUT2D eigenvalue weighted by atomic mass is 9.99. The van der Waals surface area contributed by atoms with Crippen molar-refractivity contribution in [1.29, 1.82) is 0 Å². The molecule has 2 aromatic carbocycles. The van der Waals surface area contributed by atoms with Gasteiger partial charge in [-0.25, -0.2) is 0 Å². The zero-order valence-electron chi connectivity index (χ0n) is 12.4. The third kappa shape index (κ3) is 3.19. The summed E-state index contributed by atoms with van der Waals surface area (Å²) in [6, 6.07) is 16.0. The van der Waals surface area contributed by atoms with Gasteiger partial charge in [0.25, 0.3) is 0 Å². The summed E-state index contributed by atoms with van der Waals surface area (Å²) in [4.78, 5) is 26.9. The molecule has 3 heteroatoms. The largest absolute Gasteiger partial charge is 0.371 e. The van der Waals surface area contributed by atoms with E-state index in [4.69, 9.17) is 0 Å². The van der Waals surface area contributed by atoms with E-state index in [0.717, 1.165) is 18.8 Å². The Kier molecular flexibility index (Phi) is 4.88. The standard InChI is InChI=1S/C18H19NO2/c1-3-19(4-2)16-13-9-8-12-15(16)18(21)17(20)14-10-6-5-7-11-14/h5-13H,3-4H2,1-2H3. The molecular weight excluding hydrogens is 262 g/mol. The molecule has 0 amide bonds. The summed E-state index contributed by atoms with van der Waals surface area (Å²) in [6.45, 7) is 5.65. The Morgan fingerprint density at radius 2 is 1.38 bits per heavy atom. The fraction of sp³-hybridized carbons (Fsp3) is 0.222. The first-order valence-electron chi connectivity index (χ1n) is 7.17. The summed E-state index contributed by atoms with van der Waals surface area (Å²) in [5, 5.41) is 0. The van der Waals surface area contributed by atoms with Crippen LogP contribution in [0.15, 0.2) is 54.6 Å². The molecule has 0 spiro atoms. The van der Waals surface area contributed by atoms with Crippen molar-refractivity contribution in [3.8, 4) is 0 Å². The minimum atomic E-state index is -0.463. The van der Waals surface area contributed by atoms with E-state index in [1.807, 2.05) is 32.0 Å². The van der Waals surface area contributed by atoms with Crippen molar-refractivity contribution < 1.29 is 9.59 Å². The van der Waals surface area contributed by atoms with Crippen molar-refractivity contribution in [2.24, 2.45) is 0 Å². The van der Waals surface area contributed by atoms with Crippen LogP contribution in [-0.4, -0.2) is 24.7 Å². The zero-order chi connectivity index (χ0) is 15.2. The topological polar surface area (TPSA) is 37.4 Å². The van der Waals surface area contributed by atoms with E-state index in [2.05, 4.69) is 4.90 Å². The number of para-hydroxylation sites is 1. The van der Waals surface area contributed by atoms with E-state index in [0.29, 0.717) is 11.1 Å². The fourth-order valence-corrected chi connectivity index (χ4v) is 2.35. The Morgan fingerprint density at radius 1 is 0.810 bits per heavy atom. The Hall–Kier alpha value is -2.42. The second-order valence-electron chi connectivity index (χ2n) is 4.71. The molecule has 0 aliphatic rings. The van der Waals surface area contributed by atoms with E-state index >= 15 is 0 Å². The molecule has 3 nitrogen and oxygen atoms in total. The van der Waals surface area contributed by atoms with E-state index < -0.39 is 11.6 Å². The number of carbonyl (C=O) groups excluding carboxylic acids is 2. The van der Waals surface area contributed by atoms with Crippen molar-refractivity contribution >= 4 is 17.3 Å². The third-order valence-corrected chi connectivity index (χ3v) is 3.50. The van der Waals surface area contributed by atoms with E-state index in [1.165, 1.54) is 0 Å². The lowest BCUT2D eigenvalue weighted by molar-refractivity contribution is 0.0817. The number of anilines is 1. The van der Waals surface area contributed by atoms with Gasteiger partial charge in [0, 0.05) is 29.9 Å². The predicted molar refractivity (Wildman–Crippen MR) is 85.1 cm³/mol. The minimum Gasteiger partial charge on any atom is -0.371 e. The molecule has 0 N–H and O–H groups in total. The highest BCUT2D eigenvalue weighted by atomic mass is 16.2.